The fourth-order valence-electron chi connectivity index (χ4n) is 2.47. The Bertz CT molecular complexity index is 948. The molecule has 0 unspecified atom stereocenters. The summed E-state index contributed by atoms with van der Waals surface area (Å²) in [5, 5.41) is 5.33. The standard InChI is InChI=1S/C20H16F3N3O/c21-15-6-7-16(19(23)18(15)22)26-17-12-14(9-11-24-17)20(27)25-10-8-13-4-2-1-3-5-13/h1-7,9,11-12H,8,10H2,(H,24,26)(H,25,27). The lowest BCUT2D eigenvalue weighted by Crippen LogP contribution is -2.25. The van der Waals surface area contributed by atoms with Gasteiger partial charge < -0.3 is 10.6 Å². The molecule has 3 aromatic rings. The van der Waals surface area contributed by atoms with E-state index in [4.69, 9.17) is 0 Å². The van der Waals surface area contributed by atoms with Crippen LogP contribution in [0.15, 0.2) is 60.8 Å². The SMILES string of the molecule is O=C(NCCc1ccccc1)c1ccnc(Nc2ccc(F)c(F)c2F)c1. The van der Waals surface area contributed by atoms with Gasteiger partial charge in [0.2, 0.25) is 0 Å². The van der Waals surface area contributed by atoms with Gasteiger partial charge in [-0.1, -0.05) is 30.3 Å². The van der Waals surface area contributed by atoms with Gasteiger partial charge in [-0.05, 0) is 36.2 Å². The first-order valence-corrected chi connectivity index (χ1v) is 8.23. The maximum absolute atomic E-state index is 13.8. The lowest BCUT2D eigenvalue weighted by molar-refractivity contribution is 0.0954. The average molecular weight is 371 g/mol. The van der Waals surface area contributed by atoms with Crippen LogP contribution in [0, 0.1) is 17.5 Å². The molecule has 0 saturated carbocycles. The van der Waals surface area contributed by atoms with Crippen molar-refractivity contribution in [3.8, 4) is 0 Å². The molecule has 0 radical (unpaired) electrons. The minimum atomic E-state index is -1.57. The van der Waals surface area contributed by atoms with Gasteiger partial charge in [0.1, 0.15) is 5.82 Å². The van der Waals surface area contributed by atoms with Crippen LogP contribution in [0.5, 0.6) is 0 Å². The van der Waals surface area contributed by atoms with Crippen LogP contribution in [0.2, 0.25) is 0 Å². The molecule has 4 nitrogen and oxygen atoms in total. The fraction of sp³-hybridized carbons (Fsp3) is 0.100. The molecule has 1 aromatic heterocycles. The van der Waals surface area contributed by atoms with E-state index in [2.05, 4.69) is 15.6 Å². The Balaban J connectivity index is 1.64. The van der Waals surface area contributed by atoms with Crippen molar-refractivity contribution in [1.82, 2.24) is 10.3 Å². The largest absolute Gasteiger partial charge is 0.352 e. The first-order valence-electron chi connectivity index (χ1n) is 8.23. The Morgan fingerprint density at radius 3 is 2.52 bits per heavy atom. The monoisotopic (exact) mass is 371 g/mol. The van der Waals surface area contributed by atoms with Crippen LogP contribution in [-0.2, 0) is 6.42 Å². The Morgan fingerprint density at radius 1 is 0.963 bits per heavy atom. The maximum atomic E-state index is 13.8. The molecule has 27 heavy (non-hydrogen) atoms. The minimum Gasteiger partial charge on any atom is -0.352 e. The third-order valence-electron chi connectivity index (χ3n) is 3.86. The summed E-state index contributed by atoms with van der Waals surface area (Å²) in [5.74, 6) is -4.39. The smallest absolute Gasteiger partial charge is 0.251 e. The lowest BCUT2D eigenvalue weighted by Gasteiger charge is -2.09. The summed E-state index contributed by atoms with van der Waals surface area (Å²) in [4.78, 5) is 16.2. The van der Waals surface area contributed by atoms with Gasteiger partial charge in [0, 0.05) is 18.3 Å². The number of halogens is 3. The van der Waals surface area contributed by atoms with Crippen molar-refractivity contribution in [2.45, 2.75) is 6.42 Å². The Labute approximate surface area is 154 Å². The Morgan fingerprint density at radius 2 is 1.74 bits per heavy atom. The molecule has 0 aliphatic heterocycles. The molecule has 138 valence electrons. The highest BCUT2D eigenvalue weighted by molar-refractivity contribution is 5.94. The normalized spacial score (nSPS) is 10.5. The highest BCUT2D eigenvalue weighted by atomic mass is 19.2. The third kappa shape index (κ3) is 4.63. The molecule has 0 aliphatic rings. The van der Waals surface area contributed by atoms with Crippen molar-refractivity contribution in [2.75, 3.05) is 11.9 Å². The van der Waals surface area contributed by atoms with E-state index in [1.807, 2.05) is 30.3 Å². The van der Waals surface area contributed by atoms with Crippen LogP contribution >= 0.6 is 0 Å². The second kappa shape index (κ2) is 8.35. The summed E-state index contributed by atoms with van der Waals surface area (Å²) in [7, 11) is 0. The van der Waals surface area contributed by atoms with Crippen LogP contribution in [0.1, 0.15) is 15.9 Å². The number of benzene rings is 2. The predicted octanol–water partition coefficient (Wildman–Crippen LogP) is 4.22. The molecule has 3 rings (SSSR count). The van der Waals surface area contributed by atoms with Crippen molar-refractivity contribution < 1.29 is 18.0 Å². The Hall–Kier alpha value is -3.35. The summed E-state index contributed by atoms with van der Waals surface area (Å²) in [5.41, 5.74) is 1.13. The summed E-state index contributed by atoms with van der Waals surface area (Å²) in [6.45, 7) is 0.450. The number of pyridine rings is 1. The van der Waals surface area contributed by atoms with Crippen LogP contribution in [0.25, 0.3) is 0 Å². The predicted molar refractivity (Wildman–Crippen MR) is 96.3 cm³/mol. The summed E-state index contributed by atoms with van der Waals surface area (Å²) in [6, 6.07) is 14.5. The Kier molecular flexibility index (Phi) is 5.71. The molecule has 7 heteroatoms. The number of nitrogens with one attached hydrogen (secondary N) is 2. The molecule has 1 amide bonds. The number of amides is 1. The third-order valence-corrected chi connectivity index (χ3v) is 3.86. The van der Waals surface area contributed by atoms with Gasteiger partial charge in [0.05, 0.1) is 5.69 Å². The summed E-state index contributed by atoms with van der Waals surface area (Å²) in [6.07, 6.45) is 2.05. The number of rotatable bonds is 6. The second-order valence-electron chi connectivity index (χ2n) is 5.77. The first kappa shape index (κ1) is 18.4. The van der Waals surface area contributed by atoms with Crippen LogP contribution < -0.4 is 10.6 Å². The highest BCUT2D eigenvalue weighted by Gasteiger charge is 2.14. The van der Waals surface area contributed by atoms with Crippen molar-refractivity contribution in [3.63, 3.8) is 0 Å². The van der Waals surface area contributed by atoms with E-state index in [0.29, 0.717) is 18.5 Å². The van der Waals surface area contributed by atoms with Crippen molar-refractivity contribution in [3.05, 3.63) is 89.4 Å². The molecular weight excluding hydrogens is 355 g/mol. The number of carbonyl (C=O) groups is 1. The van der Waals surface area contributed by atoms with Crippen molar-refractivity contribution in [2.24, 2.45) is 0 Å². The van der Waals surface area contributed by atoms with Gasteiger partial charge in [-0.2, -0.15) is 0 Å². The number of hydrogen-bond acceptors (Lipinski definition) is 3. The number of nitrogens with zero attached hydrogens (tertiary/aromatic N) is 1. The molecule has 0 atom stereocenters. The van der Waals surface area contributed by atoms with E-state index in [0.717, 1.165) is 17.7 Å². The van der Waals surface area contributed by atoms with Gasteiger partial charge in [0.25, 0.3) is 5.91 Å². The van der Waals surface area contributed by atoms with Crippen LogP contribution in [-0.4, -0.2) is 17.4 Å². The zero-order chi connectivity index (χ0) is 19.2. The molecule has 0 bridgehead atoms. The van der Waals surface area contributed by atoms with Gasteiger partial charge in [-0.3, -0.25) is 4.79 Å². The molecule has 0 spiro atoms. The van der Waals surface area contributed by atoms with E-state index in [1.165, 1.54) is 18.3 Å². The molecule has 0 saturated heterocycles. The fourth-order valence-corrected chi connectivity index (χ4v) is 2.47. The zero-order valence-corrected chi connectivity index (χ0v) is 14.2. The van der Waals surface area contributed by atoms with Crippen molar-refractivity contribution >= 4 is 17.4 Å². The number of anilines is 2. The van der Waals surface area contributed by atoms with Crippen LogP contribution in [0.3, 0.4) is 0 Å². The highest BCUT2D eigenvalue weighted by Crippen LogP contribution is 2.23. The number of carbonyl (C=O) groups excluding carboxylic acids is 1. The summed E-state index contributed by atoms with van der Waals surface area (Å²) < 4.78 is 40.1. The second-order valence-corrected chi connectivity index (χ2v) is 5.77. The molecule has 1 heterocycles. The average Bonchev–Trinajstić information content (AvgIpc) is 2.69. The first-order chi connectivity index (χ1) is 13.0. The quantitative estimate of drug-likeness (QED) is 0.638. The van der Waals surface area contributed by atoms with Gasteiger partial charge in [-0.25, -0.2) is 18.2 Å². The molecular formula is C20H16F3N3O. The van der Waals surface area contributed by atoms with Gasteiger partial charge in [0.15, 0.2) is 17.5 Å². The summed E-state index contributed by atoms with van der Waals surface area (Å²) >= 11 is 0. The van der Waals surface area contributed by atoms with Gasteiger partial charge >= 0.3 is 0 Å². The zero-order valence-electron chi connectivity index (χ0n) is 14.2. The van der Waals surface area contributed by atoms with E-state index < -0.39 is 17.5 Å². The molecule has 0 aliphatic carbocycles. The van der Waals surface area contributed by atoms with E-state index in [1.54, 1.807) is 0 Å². The number of hydrogen-bond donors (Lipinski definition) is 2. The van der Waals surface area contributed by atoms with E-state index >= 15 is 0 Å². The molecule has 2 N–H and O–H groups in total. The van der Waals surface area contributed by atoms with E-state index in [-0.39, 0.29) is 17.4 Å². The topological polar surface area (TPSA) is 54.0 Å². The molecule has 0 fully saturated rings. The molecule has 2 aromatic carbocycles. The minimum absolute atomic E-state index is 0.135. The van der Waals surface area contributed by atoms with E-state index in [9.17, 15) is 18.0 Å². The maximum Gasteiger partial charge on any atom is 0.251 e. The van der Waals surface area contributed by atoms with Crippen molar-refractivity contribution in [1.29, 1.82) is 0 Å². The number of aromatic nitrogens is 1. The van der Waals surface area contributed by atoms with Crippen LogP contribution in [0.4, 0.5) is 24.7 Å². The van der Waals surface area contributed by atoms with Gasteiger partial charge in [-0.15, -0.1) is 0 Å². The lowest BCUT2D eigenvalue weighted by atomic mass is 10.1.